The van der Waals surface area contributed by atoms with E-state index in [1.807, 2.05) is 13.8 Å². The van der Waals surface area contributed by atoms with Crippen molar-refractivity contribution in [2.45, 2.75) is 39.8 Å². The van der Waals surface area contributed by atoms with Crippen LogP contribution < -0.4 is 8.92 Å². The molecule has 1 aromatic carbocycles. The number of rotatable bonds is 10. The van der Waals surface area contributed by atoms with E-state index in [1.54, 1.807) is 23.1 Å². The first-order valence-corrected chi connectivity index (χ1v) is 9.73. The topological polar surface area (TPSA) is 82.1 Å². The Morgan fingerprint density at radius 2 is 1.88 bits per heavy atom. The highest BCUT2D eigenvalue weighted by molar-refractivity contribution is 7.87. The summed E-state index contributed by atoms with van der Waals surface area (Å²) in [5, 5.41) is 0. The molecule has 1 amide bonds. The minimum absolute atomic E-state index is 0.00589. The quantitative estimate of drug-likeness (QED) is 0.585. The zero-order chi connectivity index (χ0) is 19.0. The third-order valence-corrected chi connectivity index (χ3v) is 5.00. The smallest absolute Gasteiger partial charge is 0.309 e. The lowest BCUT2D eigenvalue weighted by atomic mass is 10.1. The van der Waals surface area contributed by atoms with E-state index in [1.165, 1.54) is 21.1 Å². The van der Waals surface area contributed by atoms with E-state index in [-0.39, 0.29) is 30.1 Å². The van der Waals surface area contributed by atoms with Crippen molar-refractivity contribution in [3.63, 3.8) is 0 Å². The van der Waals surface area contributed by atoms with Gasteiger partial charge in [-0.2, -0.15) is 8.42 Å². The Hall–Kier alpha value is -1.80. The summed E-state index contributed by atoms with van der Waals surface area (Å²) in [4.78, 5) is 14.0. The van der Waals surface area contributed by atoms with Crippen LogP contribution in [0.4, 0.5) is 0 Å². The third-order valence-electron chi connectivity index (χ3n) is 3.86. The molecule has 0 heterocycles. The van der Waals surface area contributed by atoms with Crippen LogP contribution in [-0.4, -0.2) is 51.8 Å². The lowest BCUT2D eigenvalue weighted by Crippen LogP contribution is -2.39. The van der Waals surface area contributed by atoms with Crippen molar-refractivity contribution in [1.82, 2.24) is 4.90 Å². The molecular weight excluding hydrogens is 346 g/mol. The van der Waals surface area contributed by atoms with E-state index in [4.69, 9.17) is 13.7 Å². The van der Waals surface area contributed by atoms with Gasteiger partial charge in [0, 0.05) is 19.7 Å². The molecule has 0 N–H and O–H groups in total. The molecule has 0 fully saturated rings. The summed E-state index contributed by atoms with van der Waals surface area (Å²) in [6.45, 7) is 5.77. The summed E-state index contributed by atoms with van der Waals surface area (Å²) in [6.07, 6.45) is 0.791. The normalized spacial score (nSPS) is 12.5. The minimum atomic E-state index is -3.68. The van der Waals surface area contributed by atoms with E-state index < -0.39 is 10.1 Å². The highest BCUT2D eigenvalue weighted by Gasteiger charge is 2.21. The minimum Gasteiger partial charge on any atom is -0.493 e. The number of hydrogen-bond acceptors (Lipinski definition) is 6. The molecule has 1 aromatic rings. The number of amides is 1. The van der Waals surface area contributed by atoms with Crippen molar-refractivity contribution in [3.05, 3.63) is 23.8 Å². The van der Waals surface area contributed by atoms with Gasteiger partial charge in [0.05, 0.1) is 12.9 Å². The second-order valence-electron chi connectivity index (χ2n) is 5.63. The van der Waals surface area contributed by atoms with Crippen LogP contribution in [0, 0.1) is 0 Å². The Labute approximate surface area is 150 Å². The predicted octanol–water partition coefficient (Wildman–Crippen LogP) is 2.20. The molecule has 0 unspecified atom stereocenters. The number of ether oxygens (including phenoxy) is 2. The second kappa shape index (κ2) is 9.62. The largest absolute Gasteiger partial charge is 0.493 e. The fraction of sp³-hybridized carbons (Fsp3) is 0.588. The summed E-state index contributed by atoms with van der Waals surface area (Å²) in [6, 6.07) is 5.01. The summed E-state index contributed by atoms with van der Waals surface area (Å²) in [5.74, 6) is 0.159. The molecule has 0 aliphatic carbocycles. The van der Waals surface area contributed by atoms with Gasteiger partial charge in [-0.05, 0) is 38.0 Å². The van der Waals surface area contributed by atoms with Crippen molar-refractivity contribution in [2.24, 2.45) is 0 Å². The van der Waals surface area contributed by atoms with Crippen LogP contribution in [0.25, 0.3) is 0 Å². The maximum absolute atomic E-state index is 12.3. The summed E-state index contributed by atoms with van der Waals surface area (Å²) in [5.41, 5.74) is 0.742. The standard InChI is InChI=1S/C17H27NO6S/c1-6-13(3)18(17(19)12-22-4)11-14-8-9-15(23-5)16(10-14)24-25(20,21)7-2/h8-10,13H,6-7,11-12H2,1-5H3/t13-/m0/s1. The molecular formula is C17H27NO6S. The Bertz CT molecular complexity index is 674. The van der Waals surface area contributed by atoms with E-state index in [0.717, 1.165) is 12.0 Å². The lowest BCUT2D eigenvalue weighted by Gasteiger charge is -2.28. The van der Waals surface area contributed by atoms with E-state index >= 15 is 0 Å². The predicted molar refractivity (Wildman–Crippen MR) is 95.3 cm³/mol. The Balaban J connectivity index is 3.12. The van der Waals surface area contributed by atoms with Crippen molar-refractivity contribution in [3.8, 4) is 11.5 Å². The third kappa shape index (κ3) is 6.21. The van der Waals surface area contributed by atoms with Gasteiger partial charge in [0.25, 0.3) is 0 Å². The maximum Gasteiger partial charge on any atom is 0.309 e. The molecule has 8 heteroatoms. The van der Waals surface area contributed by atoms with Crippen LogP contribution in [0.1, 0.15) is 32.8 Å². The maximum atomic E-state index is 12.3. The van der Waals surface area contributed by atoms with Gasteiger partial charge in [0.1, 0.15) is 6.61 Å². The highest BCUT2D eigenvalue weighted by atomic mass is 32.2. The Kier molecular flexibility index (Phi) is 8.18. The number of nitrogens with zero attached hydrogens (tertiary/aromatic N) is 1. The molecule has 0 radical (unpaired) electrons. The van der Waals surface area contributed by atoms with Crippen molar-refractivity contribution in [2.75, 3.05) is 26.6 Å². The fourth-order valence-electron chi connectivity index (χ4n) is 2.19. The molecule has 0 aliphatic rings. The average Bonchev–Trinajstić information content (AvgIpc) is 2.59. The molecule has 0 aromatic heterocycles. The van der Waals surface area contributed by atoms with E-state index in [9.17, 15) is 13.2 Å². The zero-order valence-corrected chi connectivity index (χ0v) is 16.3. The fourth-order valence-corrected chi connectivity index (χ4v) is 2.72. The van der Waals surface area contributed by atoms with Crippen molar-refractivity contribution >= 4 is 16.0 Å². The van der Waals surface area contributed by atoms with Gasteiger partial charge >= 0.3 is 10.1 Å². The zero-order valence-electron chi connectivity index (χ0n) is 15.4. The number of carbonyl (C=O) groups is 1. The summed E-state index contributed by atoms with van der Waals surface area (Å²) < 4.78 is 38.7. The summed E-state index contributed by atoms with van der Waals surface area (Å²) in [7, 11) is -0.765. The lowest BCUT2D eigenvalue weighted by molar-refractivity contribution is -0.138. The SMILES string of the molecule is CC[C@H](C)N(Cc1ccc(OC)c(OS(=O)(=O)CC)c1)C(=O)COC. The van der Waals surface area contributed by atoms with Gasteiger partial charge in [-0.1, -0.05) is 13.0 Å². The van der Waals surface area contributed by atoms with Gasteiger partial charge in [-0.25, -0.2) is 0 Å². The molecule has 0 saturated heterocycles. The molecule has 0 spiro atoms. The van der Waals surface area contributed by atoms with Crippen molar-refractivity contribution < 1.29 is 26.9 Å². The molecule has 0 aliphatic heterocycles. The van der Waals surface area contributed by atoms with Crippen LogP contribution in [-0.2, 0) is 26.2 Å². The monoisotopic (exact) mass is 373 g/mol. The molecule has 1 atom stereocenters. The van der Waals surface area contributed by atoms with Gasteiger partial charge in [-0.3, -0.25) is 4.79 Å². The van der Waals surface area contributed by atoms with Crippen LogP contribution in [0.5, 0.6) is 11.5 Å². The Morgan fingerprint density at radius 1 is 1.20 bits per heavy atom. The molecule has 142 valence electrons. The highest BCUT2D eigenvalue weighted by Crippen LogP contribution is 2.30. The van der Waals surface area contributed by atoms with E-state index in [2.05, 4.69) is 0 Å². The molecule has 0 bridgehead atoms. The number of methoxy groups -OCH3 is 2. The van der Waals surface area contributed by atoms with E-state index in [0.29, 0.717) is 12.3 Å². The second-order valence-corrected chi connectivity index (χ2v) is 7.49. The van der Waals surface area contributed by atoms with Crippen LogP contribution >= 0.6 is 0 Å². The first-order valence-electron chi connectivity index (χ1n) is 8.15. The van der Waals surface area contributed by atoms with Gasteiger partial charge in [-0.15, -0.1) is 0 Å². The van der Waals surface area contributed by atoms with Gasteiger partial charge < -0.3 is 18.6 Å². The molecule has 1 rings (SSSR count). The van der Waals surface area contributed by atoms with Crippen molar-refractivity contribution in [1.29, 1.82) is 0 Å². The molecule has 25 heavy (non-hydrogen) atoms. The summed E-state index contributed by atoms with van der Waals surface area (Å²) >= 11 is 0. The van der Waals surface area contributed by atoms with Gasteiger partial charge in [0.15, 0.2) is 11.5 Å². The van der Waals surface area contributed by atoms with Crippen LogP contribution in [0.3, 0.4) is 0 Å². The van der Waals surface area contributed by atoms with Crippen LogP contribution in [0.15, 0.2) is 18.2 Å². The van der Waals surface area contributed by atoms with Gasteiger partial charge in [0.2, 0.25) is 5.91 Å². The number of carbonyl (C=O) groups excluding carboxylic acids is 1. The average molecular weight is 373 g/mol. The first kappa shape index (κ1) is 21.2. The first-order chi connectivity index (χ1) is 11.8. The molecule has 7 nitrogen and oxygen atoms in total. The van der Waals surface area contributed by atoms with Crippen LogP contribution in [0.2, 0.25) is 0 Å². The molecule has 0 saturated carbocycles. The number of benzene rings is 1. The number of hydrogen-bond donors (Lipinski definition) is 0. The Morgan fingerprint density at radius 3 is 2.40 bits per heavy atom.